The number of unbranched alkanes of at least 4 members (excludes halogenated alkanes) is 48. The molecule has 0 saturated heterocycles. The van der Waals surface area contributed by atoms with Gasteiger partial charge in [0.05, 0.1) is 25.4 Å². The lowest BCUT2D eigenvalue weighted by Gasteiger charge is -2.20. The standard InChI is InChI=1S/C69H131NO5/c1-3-5-7-9-11-13-15-16-17-18-19-29-32-35-38-42-45-49-53-57-61-67(72)66(65-71)70-68(73)62-58-54-50-46-43-39-36-33-30-27-25-23-21-20-22-24-26-28-31-34-37-40-44-48-52-56-60-64-75-69(74)63-59-55-51-47-41-14-12-10-8-6-4-2/h20-21,24,26,57,61,66-67,71-72H,3-19,22-23,25,27-56,58-60,62-65H2,1-2H3,(H,70,73)/b21-20-,26-24-,61-57+. The molecule has 0 fully saturated rings. The highest BCUT2D eigenvalue weighted by molar-refractivity contribution is 5.76. The number of carbonyl (C=O) groups is 2. The Hall–Kier alpha value is -1.92. The number of hydrogen-bond donors (Lipinski definition) is 3. The molecule has 2 atom stereocenters. The van der Waals surface area contributed by atoms with Gasteiger partial charge < -0.3 is 20.3 Å². The van der Waals surface area contributed by atoms with Gasteiger partial charge in [0.2, 0.25) is 5.91 Å². The number of nitrogens with one attached hydrogen (secondary N) is 1. The van der Waals surface area contributed by atoms with E-state index in [0.29, 0.717) is 19.4 Å². The first-order chi connectivity index (χ1) is 37.0. The molecule has 0 heterocycles. The molecule has 75 heavy (non-hydrogen) atoms. The number of allylic oxidation sites excluding steroid dienone is 5. The van der Waals surface area contributed by atoms with Crippen LogP contribution in [0.5, 0.6) is 0 Å². The Labute approximate surface area is 468 Å². The van der Waals surface area contributed by atoms with Crippen molar-refractivity contribution in [2.75, 3.05) is 13.2 Å². The minimum atomic E-state index is -0.848. The summed E-state index contributed by atoms with van der Waals surface area (Å²) >= 11 is 0. The highest BCUT2D eigenvalue weighted by Gasteiger charge is 2.18. The van der Waals surface area contributed by atoms with E-state index < -0.39 is 12.1 Å². The fourth-order valence-electron chi connectivity index (χ4n) is 10.5. The lowest BCUT2D eigenvalue weighted by Crippen LogP contribution is -2.45. The molecule has 0 rings (SSSR count). The number of carbonyl (C=O) groups excluding carboxylic acids is 2. The number of esters is 1. The van der Waals surface area contributed by atoms with Gasteiger partial charge in [-0.3, -0.25) is 9.59 Å². The number of aliphatic hydroxyl groups is 2. The lowest BCUT2D eigenvalue weighted by atomic mass is 10.0. The van der Waals surface area contributed by atoms with Gasteiger partial charge in [0, 0.05) is 12.8 Å². The van der Waals surface area contributed by atoms with Crippen LogP contribution in [-0.4, -0.2) is 47.4 Å². The van der Waals surface area contributed by atoms with E-state index in [1.54, 1.807) is 6.08 Å². The maximum Gasteiger partial charge on any atom is 0.305 e. The first kappa shape index (κ1) is 73.1. The predicted molar refractivity (Wildman–Crippen MR) is 329 cm³/mol. The fraction of sp³-hybridized carbons (Fsp3) is 0.884. The smallest absolute Gasteiger partial charge is 0.305 e. The third-order valence-corrected chi connectivity index (χ3v) is 15.7. The number of amides is 1. The SMILES string of the molecule is CCCCCCCCCCCCCCCCCCCC/C=C/C(O)C(CO)NC(=O)CCCCCCCCCCCCC/C=C\C/C=C\CCCCCCCCCCCOC(=O)CCCCCCCCCCCCC. The van der Waals surface area contributed by atoms with Crippen molar-refractivity contribution < 1.29 is 24.5 Å². The number of aliphatic hydroxyl groups excluding tert-OH is 2. The second-order valence-corrected chi connectivity index (χ2v) is 23.2. The Kier molecular flexibility index (Phi) is 63.0. The van der Waals surface area contributed by atoms with Crippen LogP contribution in [0.2, 0.25) is 0 Å². The highest BCUT2D eigenvalue weighted by atomic mass is 16.5. The van der Waals surface area contributed by atoms with Crippen molar-refractivity contribution in [1.82, 2.24) is 5.32 Å². The van der Waals surface area contributed by atoms with Gasteiger partial charge in [-0.1, -0.05) is 326 Å². The Morgan fingerprint density at radius 3 is 1.01 bits per heavy atom. The summed E-state index contributed by atoms with van der Waals surface area (Å²) in [6.45, 7) is 4.92. The molecule has 0 aromatic carbocycles. The summed E-state index contributed by atoms with van der Waals surface area (Å²) in [4.78, 5) is 24.5. The van der Waals surface area contributed by atoms with Crippen LogP contribution in [0, 0.1) is 0 Å². The maximum atomic E-state index is 12.5. The fourth-order valence-corrected chi connectivity index (χ4v) is 10.5. The van der Waals surface area contributed by atoms with Gasteiger partial charge in [-0.05, 0) is 64.2 Å². The minimum Gasteiger partial charge on any atom is -0.466 e. The van der Waals surface area contributed by atoms with Crippen molar-refractivity contribution >= 4 is 11.9 Å². The molecule has 442 valence electrons. The summed E-state index contributed by atoms with van der Waals surface area (Å²) in [5.74, 6) is -0.0579. The molecule has 0 aliphatic heterocycles. The summed E-state index contributed by atoms with van der Waals surface area (Å²) < 4.78 is 5.47. The van der Waals surface area contributed by atoms with Crippen LogP contribution in [-0.2, 0) is 14.3 Å². The van der Waals surface area contributed by atoms with Crippen LogP contribution in [0.25, 0.3) is 0 Å². The van der Waals surface area contributed by atoms with E-state index >= 15 is 0 Å². The quantitative estimate of drug-likeness (QED) is 0.0320. The number of hydrogen-bond acceptors (Lipinski definition) is 5. The summed E-state index contributed by atoms with van der Waals surface area (Å²) in [5.41, 5.74) is 0. The number of ether oxygens (including phenoxy) is 1. The van der Waals surface area contributed by atoms with E-state index in [1.807, 2.05) is 6.08 Å². The molecule has 0 bridgehead atoms. The van der Waals surface area contributed by atoms with E-state index in [-0.39, 0.29) is 18.5 Å². The molecule has 0 aromatic rings. The molecule has 0 radical (unpaired) electrons. The predicted octanol–water partition coefficient (Wildman–Crippen LogP) is 21.5. The first-order valence-corrected chi connectivity index (χ1v) is 33.8. The van der Waals surface area contributed by atoms with Crippen LogP contribution < -0.4 is 5.32 Å². The topological polar surface area (TPSA) is 95.9 Å². The van der Waals surface area contributed by atoms with Crippen LogP contribution in [0.15, 0.2) is 36.5 Å². The molecule has 0 aliphatic rings. The molecular weight excluding hydrogens is 923 g/mol. The number of rotatable bonds is 63. The average molecular weight is 1050 g/mol. The third-order valence-electron chi connectivity index (χ3n) is 15.7. The van der Waals surface area contributed by atoms with E-state index in [4.69, 9.17) is 4.74 Å². The van der Waals surface area contributed by atoms with E-state index in [1.165, 1.54) is 295 Å². The van der Waals surface area contributed by atoms with Crippen molar-refractivity contribution in [3.8, 4) is 0 Å². The molecule has 2 unspecified atom stereocenters. The zero-order chi connectivity index (χ0) is 54.3. The molecule has 0 saturated carbocycles. The third kappa shape index (κ3) is 61.2. The molecule has 6 heteroatoms. The molecule has 6 nitrogen and oxygen atoms in total. The van der Waals surface area contributed by atoms with Crippen LogP contribution in [0.4, 0.5) is 0 Å². The van der Waals surface area contributed by atoms with Gasteiger partial charge in [-0.25, -0.2) is 0 Å². The molecule has 0 aliphatic carbocycles. The summed E-state index contributed by atoms with van der Waals surface area (Å²) in [7, 11) is 0. The molecule has 1 amide bonds. The van der Waals surface area contributed by atoms with Crippen molar-refractivity contribution in [3.63, 3.8) is 0 Å². The Morgan fingerprint density at radius 2 is 0.667 bits per heavy atom. The van der Waals surface area contributed by atoms with Gasteiger partial charge in [0.1, 0.15) is 0 Å². The molecular formula is C69H131NO5. The zero-order valence-corrected chi connectivity index (χ0v) is 50.5. The van der Waals surface area contributed by atoms with Gasteiger partial charge in [-0.2, -0.15) is 0 Å². The summed E-state index contributed by atoms with van der Waals surface area (Å²) in [6, 6.07) is -0.631. The average Bonchev–Trinajstić information content (AvgIpc) is 3.41. The van der Waals surface area contributed by atoms with Crippen LogP contribution in [0.1, 0.15) is 367 Å². The van der Waals surface area contributed by atoms with E-state index in [0.717, 1.165) is 44.9 Å². The van der Waals surface area contributed by atoms with E-state index in [2.05, 4.69) is 43.5 Å². The largest absolute Gasteiger partial charge is 0.466 e. The molecule has 0 aromatic heterocycles. The van der Waals surface area contributed by atoms with Crippen LogP contribution in [0.3, 0.4) is 0 Å². The first-order valence-electron chi connectivity index (χ1n) is 33.8. The van der Waals surface area contributed by atoms with Gasteiger partial charge in [0.25, 0.3) is 0 Å². The normalized spacial score (nSPS) is 12.7. The van der Waals surface area contributed by atoms with Gasteiger partial charge >= 0.3 is 5.97 Å². The Bertz CT molecular complexity index is 1210. The van der Waals surface area contributed by atoms with Gasteiger partial charge in [0.15, 0.2) is 0 Å². The van der Waals surface area contributed by atoms with Gasteiger partial charge in [-0.15, -0.1) is 0 Å². The zero-order valence-electron chi connectivity index (χ0n) is 50.5. The molecule has 0 spiro atoms. The van der Waals surface area contributed by atoms with Crippen molar-refractivity contribution in [1.29, 1.82) is 0 Å². The van der Waals surface area contributed by atoms with Crippen LogP contribution >= 0.6 is 0 Å². The second-order valence-electron chi connectivity index (χ2n) is 23.2. The molecule has 3 N–H and O–H groups in total. The summed E-state index contributed by atoms with van der Waals surface area (Å²) in [5, 5.41) is 23.2. The second kappa shape index (κ2) is 64.6. The Balaban J connectivity index is 3.45. The van der Waals surface area contributed by atoms with Crippen molar-refractivity contribution in [3.05, 3.63) is 36.5 Å². The maximum absolute atomic E-state index is 12.5. The monoisotopic (exact) mass is 1050 g/mol. The minimum absolute atomic E-state index is 0.0102. The van der Waals surface area contributed by atoms with Crippen molar-refractivity contribution in [2.24, 2.45) is 0 Å². The highest BCUT2D eigenvalue weighted by Crippen LogP contribution is 2.18. The van der Waals surface area contributed by atoms with E-state index in [9.17, 15) is 19.8 Å². The van der Waals surface area contributed by atoms with Crippen molar-refractivity contribution in [2.45, 2.75) is 379 Å². The lowest BCUT2D eigenvalue weighted by molar-refractivity contribution is -0.143. The summed E-state index contributed by atoms with van der Waals surface area (Å²) in [6.07, 6.45) is 82.1. The Morgan fingerprint density at radius 1 is 0.373 bits per heavy atom.